The highest BCUT2D eigenvalue weighted by Gasteiger charge is 2.32. The summed E-state index contributed by atoms with van der Waals surface area (Å²) in [6, 6.07) is 13.1. The summed E-state index contributed by atoms with van der Waals surface area (Å²) in [5.41, 5.74) is 2.16. The van der Waals surface area contributed by atoms with Crippen LogP contribution in [0.5, 0.6) is 5.75 Å². The number of aryl methyl sites for hydroxylation is 1. The Morgan fingerprint density at radius 3 is 2.35 bits per heavy atom. The van der Waals surface area contributed by atoms with Gasteiger partial charge in [0.05, 0.1) is 5.56 Å². The molecule has 2 aromatic carbocycles. The molecule has 0 amide bonds. The van der Waals surface area contributed by atoms with E-state index < -0.39 is 12.1 Å². The lowest BCUT2D eigenvalue weighted by Crippen LogP contribution is -2.17. The van der Waals surface area contributed by atoms with Gasteiger partial charge in [-0.15, -0.1) is 13.2 Å². The molecule has 2 rings (SSSR count). The summed E-state index contributed by atoms with van der Waals surface area (Å²) < 4.78 is 40.9. The molecule has 0 aliphatic carbocycles. The molecule has 2 aromatic rings. The first-order valence-corrected chi connectivity index (χ1v) is 5.76. The standard InChI is InChI=1S/C15H10F3NO/c1-10-3-2-4-11(7-10)12-5-6-13(9-19)14(8-12)20-15(16,17)18/h2-8H,1H3. The van der Waals surface area contributed by atoms with Crippen molar-refractivity contribution in [1.29, 1.82) is 5.26 Å². The predicted octanol–water partition coefficient (Wildman–Crippen LogP) is 4.43. The molecule has 0 N–H and O–H groups in total. The maximum Gasteiger partial charge on any atom is 0.573 e. The molecule has 0 aliphatic rings. The van der Waals surface area contributed by atoms with Crippen molar-refractivity contribution in [2.45, 2.75) is 13.3 Å². The lowest BCUT2D eigenvalue weighted by atomic mass is 10.0. The van der Waals surface area contributed by atoms with E-state index in [9.17, 15) is 13.2 Å². The number of benzene rings is 2. The number of hydrogen-bond donors (Lipinski definition) is 0. The third-order valence-electron chi connectivity index (χ3n) is 2.68. The molecule has 0 radical (unpaired) electrons. The Morgan fingerprint density at radius 1 is 1.05 bits per heavy atom. The average molecular weight is 277 g/mol. The van der Waals surface area contributed by atoms with Gasteiger partial charge in [-0.25, -0.2) is 0 Å². The van der Waals surface area contributed by atoms with Gasteiger partial charge in [0.1, 0.15) is 11.8 Å². The molecule has 5 heteroatoms. The van der Waals surface area contributed by atoms with E-state index in [0.29, 0.717) is 5.56 Å². The lowest BCUT2D eigenvalue weighted by Gasteiger charge is -2.12. The number of nitriles is 1. The largest absolute Gasteiger partial charge is 0.573 e. The molecule has 20 heavy (non-hydrogen) atoms. The van der Waals surface area contributed by atoms with Crippen LogP contribution in [0.4, 0.5) is 13.2 Å². The smallest absolute Gasteiger partial charge is 0.404 e. The van der Waals surface area contributed by atoms with Gasteiger partial charge in [0.15, 0.2) is 0 Å². The van der Waals surface area contributed by atoms with Crippen LogP contribution >= 0.6 is 0 Å². The van der Waals surface area contributed by atoms with Crippen LogP contribution in [-0.4, -0.2) is 6.36 Å². The Labute approximate surface area is 114 Å². The molecule has 2 nitrogen and oxygen atoms in total. The fraction of sp³-hybridized carbons (Fsp3) is 0.133. The molecule has 0 unspecified atom stereocenters. The quantitative estimate of drug-likeness (QED) is 0.813. The molecule has 0 fully saturated rings. The van der Waals surface area contributed by atoms with Crippen LogP contribution in [0.3, 0.4) is 0 Å². The molecule has 0 aliphatic heterocycles. The van der Waals surface area contributed by atoms with Gasteiger partial charge in [-0.2, -0.15) is 5.26 Å². The van der Waals surface area contributed by atoms with Gasteiger partial charge >= 0.3 is 6.36 Å². The fourth-order valence-electron chi connectivity index (χ4n) is 1.83. The second-order valence-corrected chi connectivity index (χ2v) is 4.24. The number of ether oxygens (including phenoxy) is 1. The first kappa shape index (κ1) is 13.9. The lowest BCUT2D eigenvalue weighted by molar-refractivity contribution is -0.274. The molecule has 0 aromatic heterocycles. The van der Waals surface area contributed by atoms with Crippen LogP contribution in [0.2, 0.25) is 0 Å². The van der Waals surface area contributed by atoms with E-state index >= 15 is 0 Å². The topological polar surface area (TPSA) is 33.0 Å². The van der Waals surface area contributed by atoms with Crippen LogP contribution in [0.25, 0.3) is 11.1 Å². The van der Waals surface area contributed by atoms with Gasteiger partial charge in [-0.05, 0) is 30.2 Å². The van der Waals surface area contributed by atoms with Crippen LogP contribution in [0, 0.1) is 18.3 Å². The summed E-state index contributed by atoms with van der Waals surface area (Å²) >= 11 is 0. The molecule has 102 valence electrons. The zero-order chi connectivity index (χ0) is 14.8. The van der Waals surface area contributed by atoms with Crippen LogP contribution < -0.4 is 4.74 Å². The first-order chi connectivity index (χ1) is 9.39. The molecular formula is C15H10F3NO. The first-order valence-electron chi connectivity index (χ1n) is 5.76. The highest BCUT2D eigenvalue weighted by molar-refractivity contribution is 5.67. The second kappa shape index (κ2) is 5.25. The molecule has 0 saturated heterocycles. The third-order valence-corrected chi connectivity index (χ3v) is 2.68. The normalized spacial score (nSPS) is 10.9. The summed E-state index contributed by atoms with van der Waals surface area (Å²) in [7, 11) is 0. The van der Waals surface area contributed by atoms with Crippen molar-refractivity contribution in [2.24, 2.45) is 0 Å². The van der Waals surface area contributed by atoms with Gasteiger partial charge in [0, 0.05) is 0 Å². The SMILES string of the molecule is Cc1cccc(-c2ccc(C#N)c(OC(F)(F)F)c2)c1. The van der Waals surface area contributed by atoms with Crippen LogP contribution in [0.1, 0.15) is 11.1 Å². The van der Waals surface area contributed by atoms with Gasteiger partial charge in [0.25, 0.3) is 0 Å². The van der Waals surface area contributed by atoms with E-state index in [1.807, 2.05) is 25.1 Å². The number of nitrogens with zero attached hydrogens (tertiary/aromatic N) is 1. The highest BCUT2D eigenvalue weighted by atomic mass is 19.4. The average Bonchev–Trinajstić information content (AvgIpc) is 2.37. The van der Waals surface area contributed by atoms with E-state index in [0.717, 1.165) is 11.1 Å². The number of rotatable bonds is 2. The monoisotopic (exact) mass is 277 g/mol. The second-order valence-electron chi connectivity index (χ2n) is 4.24. The van der Waals surface area contributed by atoms with Gasteiger partial charge in [-0.1, -0.05) is 35.9 Å². The van der Waals surface area contributed by atoms with Crippen molar-refractivity contribution in [3.63, 3.8) is 0 Å². The number of hydrogen-bond acceptors (Lipinski definition) is 2. The van der Waals surface area contributed by atoms with Crippen LogP contribution in [-0.2, 0) is 0 Å². The van der Waals surface area contributed by atoms with Crippen molar-refractivity contribution < 1.29 is 17.9 Å². The Morgan fingerprint density at radius 2 is 1.75 bits per heavy atom. The van der Waals surface area contributed by atoms with E-state index in [4.69, 9.17) is 5.26 Å². The van der Waals surface area contributed by atoms with Crippen molar-refractivity contribution in [3.05, 3.63) is 53.6 Å². The van der Waals surface area contributed by atoms with Gasteiger partial charge < -0.3 is 4.74 Å². The Balaban J connectivity index is 2.47. The molecule has 0 saturated carbocycles. The van der Waals surface area contributed by atoms with Crippen molar-refractivity contribution >= 4 is 0 Å². The Bertz CT molecular complexity index is 672. The number of halogens is 3. The number of alkyl halides is 3. The molecule has 0 bridgehead atoms. The van der Waals surface area contributed by atoms with Gasteiger partial charge in [0.2, 0.25) is 0 Å². The Kier molecular flexibility index (Phi) is 3.66. The van der Waals surface area contributed by atoms with E-state index in [1.165, 1.54) is 12.1 Å². The van der Waals surface area contributed by atoms with Gasteiger partial charge in [-0.3, -0.25) is 0 Å². The Hall–Kier alpha value is -2.48. The molecule has 0 spiro atoms. The minimum Gasteiger partial charge on any atom is -0.404 e. The summed E-state index contributed by atoms with van der Waals surface area (Å²) in [6.07, 6.45) is -4.82. The highest BCUT2D eigenvalue weighted by Crippen LogP contribution is 2.31. The van der Waals surface area contributed by atoms with E-state index in [2.05, 4.69) is 4.74 Å². The van der Waals surface area contributed by atoms with E-state index in [-0.39, 0.29) is 5.56 Å². The zero-order valence-electron chi connectivity index (χ0n) is 10.5. The summed E-state index contributed by atoms with van der Waals surface area (Å²) in [5.74, 6) is -0.487. The molecule has 0 atom stereocenters. The molecular weight excluding hydrogens is 267 g/mol. The maximum atomic E-state index is 12.3. The fourth-order valence-corrected chi connectivity index (χ4v) is 1.83. The zero-order valence-corrected chi connectivity index (χ0v) is 10.5. The van der Waals surface area contributed by atoms with Crippen molar-refractivity contribution in [2.75, 3.05) is 0 Å². The third kappa shape index (κ3) is 3.29. The minimum atomic E-state index is -4.82. The molecule has 0 heterocycles. The van der Waals surface area contributed by atoms with E-state index in [1.54, 1.807) is 18.2 Å². The predicted molar refractivity (Wildman–Crippen MR) is 68.0 cm³/mol. The summed E-state index contributed by atoms with van der Waals surface area (Å²) in [5, 5.41) is 8.82. The van der Waals surface area contributed by atoms with Crippen molar-refractivity contribution in [1.82, 2.24) is 0 Å². The van der Waals surface area contributed by atoms with Crippen LogP contribution in [0.15, 0.2) is 42.5 Å². The summed E-state index contributed by atoms with van der Waals surface area (Å²) in [4.78, 5) is 0. The maximum absolute atomic E-state index is 12.3. The minimum absolute atomic E-state index is 0.154. The van der Waals surface area contributed by atoms with Crippen molar-refractivity contribution in [3.8, 4) is 22.9 Å². The summed E-state index contributed by atoms with van der Waals surface area (Å²) in [6.45, 7) is 1.89.